The summed E-state index contributed by atoms with van der Waals surface area (Å²) in [7, 11) is -4.12. The van der Waals surface area contributed by atoms with E-state index in [9.17, 15) is 13.0 Å². The highest BCUT2D eigenvalue weighted by molar-refractivity contribution is 7.88. The monoisotopic (exact) mass is 612 g/mol. The van der Waals surface area contributed by atoms with Gasteiger partial charge in [-0.05, 0) is 42.2 Å². The van der Waals surface area contributed by atoms with Gasteiger partial charge in [-0.2, -0.15) is 8.42 Å². The van der Waals surface area contributed by atoms with Gasteiger partial charge in [0, 0.05) is 0 Å². The fourth-order valence-corrected chi connectivity index (χ4v) is 8.15. The van der Waals surface area contributed by atoms with Crippen molar-refractivity contribution < 1.29 is 13.0 Å². The summed E-state index contributed by atoms with van der Waals surface area (Å²) in [5.41, 5.74) is 2.07. The molecule has 1 aromatic heterocycles. The molecule has 0 saturated heterocycles. The van der Waals surface area contributed by atoms with E-state index in [4.69, 9.17) is 0 Å². The third kappa shape index (κ3) is 21.9. The van der Waals surface area contributed by atoms with Gasteiger partial charge >= 0.3 is 10.1 Å². The van der Waals surface area contributed by atoms with Gasteiger partial charge in [-0.25, -0.2) is 0 Å². The first-order valence-electron chi connectivity index (χ1n) is 18.1. The molecule has 0 amide bonds. The molecule has 242 valence electrons. The Hall–Kier alpha value is -0.390. The molecular formula is C36H68O3S2. The third-order valence-electron chi connectivity index (χ3n) is 8.76. The van der Waals surface area contributed by atoms with E-state index in [-0.39, 0.29) is 4.21 Å². The minimum absolute atomic E-state index is 0.201. The SMILES string of the molecule is CCCCCCCCCCCCCCCCc1csc(S(=O)(=O)O)c1CCCCCCCCCCCCCCCC. The molecule has 0 bridgehead atoms. The zero-order valence-electron chi connectivity index (χ0n) is 27.4. The van der Waals surface area contributed by atoms with Gasteiger partial charge in [0.2, 0.25) is 0 Å². The van der Waals surface area contributed by atoms with Gasteiger partial charge in [-0.3, -0.25) is 4.55 Å². The standard InChI is InChI=1S/C36H68O3S2/c1-3-5-7-9-11-13-15-17-19-21-23-25-27-29-31-34-33-40-36(41(37,38)39)35(34)32-30-28-26-24-22-20-18-16-14-12-10-8-6-4-2/h33H,3-32H2,1-2H3,(H,37,38,39). The van der Waals surface area contributed by atoms with Crippen LogP contribution in [0.1, 0.15) is 205 Å². The molecular weight excluding hydrogens is 545 g/mol. The minimum atomic E-state index is -4.12. The molecule has 1 heterocycles. The molecule has 0 radical (unpaired) electrons. The molecule has 0 aliphatic rings. The quantitative estimate of drug-likeness (QED) is 0.0670. The summed E-state index contributed by atoms with van der Waals surface area (Å²) >= 11 is 1.22. The Morgan fingerprint density at radius 3 is 1.10 bits per heavy atom. The largest absolute Gasteiger partial charge is 0.304 e. The average molecular weight is 613 g/mol. The van der Waals surface area contributed by atoms with E-state index in [1.54, 1.807) is 0 Å². The van der Waals surface area contributed by atoms with Crippen molar-refractivity contribution in [2.45, 2.75) is 211 Å². The van der Waals surface area contributed by atoms with Crippen LogP contribution < -0.4 is 0 Å². The van der Waals surface area contributed by atoms with E-state index >= 15 is 0 Å². The molecule has 3 nitrogen and oxygen atoms in total. The molecule has 0 spiro atoms. The molecule has 1 aromatic rings. The molecule has 0 atom stereocenters. The summed E-state index contributed by atoms with van der Waals surface area (Å²) in [6.45, 7) is 4.55. The van der Waals surface area contributed by atoms with Crippen LogP contribution in [0.3, 0.4) is 0 Å². The summed E-state index contributed by atoms with van der Waals surface area (Å²) < 4.78 is 33.9. The van der Waals surface area contributed by atoms with E-state index in [0.717, 1.165) is 43.2 Å². The van der Waals surface area contributed by atoms with Crippen LogP contribution >= 0.6 is 11.3 Å². The fourth-order valence-electron chi connectivity index (χ4n) is 6.09. The van der Waals surface area contributed by atoms with E-state index in [2.05, 4.69) is 13.8 Å². The number of rotatable bonds is 31. The highest BCUT2D eigenvalue weighted by atomic mass is 32.3. The van der Waals surface area contributed by atoms with E-state index in [0.29, 0.717) is 0 Å². The number of hydrogen-bond acceptors (Lipinski definition) is 3. The summed E-state index contributed by atoms with van der Waals surface area (Å²) in [4.78, 5) is 0. The van der Waals surface area contributed by atoms with Gasteiger partial charge in [-0.1, -0.05) is 181 Å². The highest BCUT2D eigenvalue weighted by Gasteiger charge is 2.20. The fraction of sp³-hybridized carbons (Fsp3) is 0.889. The second-order valence-electron chi connectivity index (χ2n) is 12.7. The van der Waals surface area contributed by atoms with Crippen molar-refractivity contribution in [2.24, 2.45) is 0 Å². The van der Waals surface area contributed by atoms with Crippen molar-refractivity contribution in [1.82, 2.24) is 0 Å². The summed E-state index contributed by atoms with van der Waals surface area (Å²) in [5, 5.41) is 1.99. The highest BCUT2D eigenvalue weighted by Crippen LogP contribution is 2.30. The topological polar surface area (TPSA) is 54.4 Å². The Morgan fingerprint density at radius 2 is 0.780 bits per heavy atom. The van der Waals surface area contributed by atoms with Crippen LogP contribution in [0.4, 0.5) is 0 Å². The Kier molecular flexibility index (Phi) is 25.6. The van der Waals surface area contributed by atoms with Crippen LogP contribution in [0.5, 0.6) is 0 Å². The molecule has 0 saturated carbocycles. The summed E-state index contributed by atoms with van der Waals surface area (Å²) in [5.74, 6) is 0. The lowest BCUT2D eigenvalue weighted by atomic mass is 9.99. The lowest BCUT2D eigenvalue weighted by Gasteiger charge is -2.08. The number of unbranched alkanes of at least 4 members (excludes halogenated alkanes) is 26. The molecule has 5 heteroatoms. The lowest BCUT2D eigenvalue weighted by molar-refractivity contribution is 0.484. The number of hydrogen-bond donors (Lipinski definition) is 1. The molecule has 0 fully saturated rings. The molecule has 0 aliphatic carbocycles. The molecule has 0 aliphatic heterocycles. The zero-order valence-corrected chi connectivity index (χ0v) is 29.0. The van der Waals surface area contributed by atoms with Gasteiger partial charge in [0.1, 0.15) is 4.21 Å². The summed E-state index contributed by atoms with van der Waals surface area (Å²) in [6.07, 6.45) is 39.1. The summed E-state index contributed by atoms with van der Waals surface area (Å²) in [6, 6.07) is 0. The van der Waals surface area contributed by atoms with Crippen molar-refractivity contribution in [3.63, 3.8) is 0 Å². The van der Waals surface area contributed by atoms with Crippen LogP contribution in [0.25, 0.3) is 0 Å². The van der Waals surface area contributed by atoms with Crippen LogP contribution in [0.2, 0.25) is 0 Å². The second kappa shape index (κ2) is 27.2. The van der Waals surface area contributed by atoms with Crippen molar-refractivity contribution in [1.29, 1.82) is 0 Å². The molecule has 0 unspecified atom stereocenters. The van der Waals surface area contributed by atoms with E-state index in [1.807, 2.05) is 5.38 Å². The maximum absolute atomic E-state index is 12.0. The zero-order chi connectivity index (χ0) is 29.9. The van der Waals surface area contributed by atoms with Gasteiger partial charge in [0.15, 0.2) is 0 Å². The molecule has 1 rings (SSSR count). The molecule has 0 aromatic carbocycles. The van der Waals surface area contributed by atoms with Crippen LogP contribution in [-0.2, 0) is 23.0 Å². The predicted octanol–water partition coefficient (Wildman–Crippen LogP) is 13.0. The first-order chi connectivity index (χ1) is 20.0. The Morgan fingerprint density at radius 1 is 0.488 bits per heavy atom. The van der Waals surface area contributed by atoms with Crippen molar-refractivity contribution in [3.8, 4) is 0 Å². The van der Waals surface area contributed by atoms with Gasteiger partial charge in [0.25, 0.3) is 0 Å². The van der Waals surface area contributed by atoms with Gasteiger partial charge in [-0.15, -0.1) is 11.3 Å². The van der Waals surface area contributed by atoms with Crippen molar-refractivity contribution in [2.75, 3.05) is 0 Å². The first-order valence-corrected chi connectivity index (χ1v) is 20.4. The van der Waals surface area contributed by atoms with Crippen LogP contribution in [0.15, 0.2) is 9.59 Å². The Labute approximate surface area is 260 Å². The maximum atomic E-state index is 12.0. The molecule has 41 heavy (non-hydrogen) atoms. The van der Waals surface area contributed by atoms with Gasteiger partial charge in [0.05, 0.1) is 0 Å². The van der Waals surface area contributed by atoms with Crippen LogP contribution in [-0.4, -0.2) is 13.0 Å². The predicted molar refractivity (Wildman–Crippen MR) is 182 cm³/mol. The number of thiophene rings is 1. The Bertz CT molecular complexity index is 800. The normalized spacial score (nSPS) is 12.0. The van der Waals surface area contributed by atoms with E-state index in [1.165, 1.54) is 172 Å². The van der Waals surface area contributed by atoms with Crippen molar-refractivity contribution in [3.05, 3.63) is 16.5 Å². The first kappa shape index (κ1) is 38.6. The Balaban J connectivity index is 2.13. The van der Waals surface area contributed by atoms with E-state index < -0.39 is 10.1 Å². The average Bonchev–Trinajstić information content (AvgIpc) is 3.36. The second-order valence-corrected chi connectivity index (χ2v) is 15.2. The maximum Gasteiger partial charge on any atom is 0.304 e. The minimum Gasteiger partial charge on any atom is -0.281 e. The molecule has 1 N–H and O–H groups in total. The van der Waals surface area contributed by atoms with Crippen LogP contribution in [0, 0.1) is 0 Å². The van der Waals surface area contributed by atoms with Crippen molar-refractivity contribution >= 4 is 21.5 Å². The lowest BCUT2D eigenvalue weighted by Crippen LogP contribution is -2.02. The van der Waals surface area contributed by atoms with Gasteiger partial charge < -0.3 is 0 Å². The third-order valence-corrected chi connectivity index (χ3v) is 11.3. The smallest absolute Gasteiger partial charge is 0.281 e. The number of aryl methyl sites for hydroxylation is 1.